The number of allylic oxidation sites excluding steroid dienone is 1. The molecule has 2 aliphatic carbocycles. The van der Waals surface area contributed by atoms with E-state index >= 15 is 0 Å². The summed E-state index contributed by atoms with van der Waals surface area (Å²) in [6.45, 7) is 9.03. The molecule has 0 spiro atoms. The summed E-state index contributed by atoms with van der Waals surface area (Å²) in [5, 5.41) is 23.6. The van der Waals surface area contributed by atoms with Crippen LogP contribution in [0.25, 0.3) is 0 Å². The smallest absolute Gasteiger partial charge is 0.312 e. The molecular formula is C25H34O9. The van der Waals surface area contributed by atoms with E-state index < -0.39 is 70.5 Å². The summed E-state index contributed by atoms with van der Waals surface area (Å²) in [6, 6.07) is 0. The third-order valence-electron chi connectivity index (χ3n) is 7.66. The molecule has 8 atom stereocenters. The van der Waals surface area contributed by atoms with E-state index in [4.69, 9.17) is 14.2 Å². The van der Waals surface area contributed by atoms with Gasteiger partial charge in [-0.3, -0.25) is 19.2 Å². The third-order valence-corrected chi connectivity index (χ3v) is 7.66. The van der Waals surface area contributed by atoms with Crippen molar-refractivity contribution in [3.05, 3.63) is 23.8 Å². The van der Waals surface area contributed by atoms with Gasteiger partial charge in [0.1, 0.15) is 17.8 Å². The molecule has 0 aromatic rings. The van der Waals surface area contributed by atoms with Gasteiger partial charge in [-0.05, 0) is 45.8 Å². The first-order chi connectivity index (χ1) is 15.7. The maximum absolute atomic E-state index is 12.9. The van der Waals surface area contributed by atoms with Crippen LogP contribution >= 0.6 is 0 Å². The maximum Gasteiger partial charge on any atom is 0.312 e. The zero-order valence-electron chi connectivity index (χ0n) is 20.5. The lowest BCUT2D eigenvalue weighted by Gasteiger charge is -2.54. The van der Waals surface area contributed by atoms with Crippen molar-refractivity contribution in [2.45, 2.75) is 90.3 Å². The van der Waals surface area contributed by atoms with E-state index in [1.165, 1.54) is 19.9 Å². The molecule has 34 heavy (non-hydrogen) atoms. The summed E-state index contributed by atoms with van der Waals surface area (Å²) in [6.07, 6.45) is 1.70. The first kappa shape index (κ1) is 26.1. The summed E-state index contributed by atoms with van der Waals surface area (Å²) in [5.41, 5.74) is -4.69. The number of aliphatic hydroxyl groups is 2. The predicted octanol–water partition coefficient (Wildman–Crippen LogP) is 1.78. The number of esters is 3. The largest absolute Gasteiger partial charge is 0.461 e. The Hall–Kier alpha value is -2.52. The Morgan fingerprint density at radius 1 is 1.21 bits per heavy atom. The zero-order chi connectivity index (χ0) is 25.6. The van der Waals surface area contributed by atoms with Crippen LogP contribution in [0.5, 0.6) is 0 Å². The molecule has 0 radical (unpaired) electrons. The van der Waals surface area contributed by atoms with Crippen LogP contribution in [-0.4, -0.2) is 63.4 Å². The number of rotatable bonds is 3. The molecule has 0 bridgehead atoms. The molecule has 0 amide bonds. The Morgan fingerprint density at radius 2 is 1.85 bits per heavy atom. The maximum atomic E-state index is 12.9. The van der Waals surface area contributed by atoms with E-state index in [1.807, 2.05) is 0 Å². The second-order valence-electron chi connectivity index (χ2n) is 10.1. The zero-order valence-corrected chi connectivity index (χ0v) is 20.5. The fourth-order valence-electron chi connectivity index (χ4n) is 5.60. The molecule has 1 fully saturated rings. The summed E-state index contributed by atoms with van der Waals surface area (Å²) < 4.78 is 16.9. The number of carbonyl (C=O) groups is 4. The minimum Gasteiger partial charge on any atom is -0.461 e. The van der Waals surface area contributed by atoms with Crippen molar-refractivity contribution in [2.75, 3.05) is 0 Å². The van der Waals surface area contributed by atoms with Crippen molar-refractivity contribution in [3.8, 4) is 0 Å². The highest BCUT2D eigenvalue weighted by Crippen LogP contribution is 2.54. The summed E-state index contributed by atoms with van der Waals surface area (Å²) in [5.74, 6) is -5.00. The molecule has 2 N–H and O–H groups in total. The number of hydrogen-bond donors (Lipinski definition) is 2. The highest BCUT2D eigenvalue weighted by Gasteiger charge is 2.68. The molecule has 0 unspecified atom stereocenters. The van der Waals surface area contributed by atoms with Crippen LogP contribution in [0.3, 0.4) is 0 Å². The van der Waals surface area contributed by atoms with Gasteiger partial charge in [-0.25, -0.2) is 0 Å². The third kappa shape index (κ3) is 4.09. The van der Waals surface area contributed by atoms with Crippen LogP contribution < -0.4 is 0 Å². The molecule has 0 aromatic heterocycles. The van der Waals surface area contributed by atoms with Crippen molar-refractivity contribution in [3.63, 3.8) is 0 Å². The molecular weight excluding hydrogens is 444 g/mol. The van der Waals surface area contributed by atoms with Gasteiger partial charge in [-0.1, -0.05) is 25.5 Å². The summed E-state index contributed by atoms with van der Waals surface area (Å²) in [4.78, 5) is 50.2. The van der Waals surface area contributed by atoms with Gasteiger partial charge in [0.15, 0.2) is 17.5 Å². The van der Waals surface area contributed by atoms with Gasteiger partial charge >= 0.3 is 17.9 Å². The average molecular weight is 479 g/mol. The van der Waals surface area contributed by atoms with Crippen LogP contribution in [0, 0.1) is 17.3 Å². The molecule has 9 heteroatoms. The molecule has 0 saturated carbocycles. The Labute approximate surface area is 199 Å². The van der Waals surface area contributed by atoms with E-state index in [2.05, 4.69) is 0 Å². The Morgan fingerprint density at radius 3 is 2.44 bits per heavy atom. The molecule has 0 aromatic carbocycles. The monoisotopic (exact) mass is 478 g/mol. The number of fused-ring (bicyclic) bond motifs is 2. The van der Waals surface area contributed by atoms with Crippen molar-refractivity contribution >= 4 is 23.7 Å². The first-order valence-corrected chi connectivity index (χ1v) is 11.6. The Balaban J connectivity index is 2.34. The normalized spacial score (nSPS) is 43.6. The quantitative estimate of drug-likeness (QED) is 0.353. The van der Waals surface area contributed by atoms with Crippen LogP contribution in [0.15, 0.2) is 23.8 Å². The van der Waals surface area contributed by atoms with E-state index in [1.54, 1.807) is 32.9 Å². The first-order valence-electron chi connectivity index (χ1n) is 11.6. The lowest BCUT2D eigenvalue weighted by molar-refractivity contribution is -0.224. The average Bonchev–Trinajstić information content (AvgIpc) is 2.96. The van der Waals surface area contributed by atoms with Crippen molar-refractivity contribution < 1.29 is 43.6 Å². The molecule has 1 saturated heterocycles. The molecule has 1 heterocycles. The van der Waals surface area contributed by atoms with Crippen molar-refractivity contribution in [2.24, 2.45) is 17.3 Å². The van der Waals surface area contributed by atoms with Crippen LogP contribution in [0.1, 0.15) is 60.8 Å². The van der Waals surface area contributed by atoms with Gasteiger partial charge in [0.2, 0.25) is 0 Å². The highest BCUT2D eigenvalue weighted by atomic mass is 16.6. The minimum absolute atomic E-state index is 0.115. The lowest BCUT2D eigenvalue weighted by atomic mass is 9.55. The second kappa shape index (κ2) is 8.92. The fourth-order valence-corrected chi connectivity index (χ4v) is 5.60. The fraction of sp³-hybridized carbons (Fsp3) is 0.680. The van der Waals surface area contributed by atoms with E-state index in [0.29, 0.717) is 12.8 Å². The van der Waals surface area contributed by atoms with E-state index in [-0.39, 0.29) is 6.42 Å². The minimum atomic E-state index is -2.12. The van der Waals surface area contributed by atoms with Crippen LogP contribution in [0.2, 0.25) is 0 Å². The van der Waals surface area contributed by atoms with Gasteiger partial charge < -0.3 is 24.4 Å². The standard InChI is InChI=1S/C25H34O9/c1-7-19(28)33-17-9-8-13(2)12-18-25(31,14(3)22(29)34-18)21(32-15(4)26)20-23(17,5)11-10-16(27)24(20,6)30/h10-12,14,17-18,20-21,30-31H,7-9H2,1-6H3/b13-12-/t14-,17+,18-,20+,21+,23+,24+,25-/m0/s1. The van der Waals surface area contributed by atoms with Gasteiger partial charge in [-0.2, -0.15) is 0 Å². The predicted molar refractivity (Wildman–Crippen MR) is 119 cm³/mol. The number of ether oxygens (including phenoxy) is 3. The molecule has 1 aliphatic heterocycles. The lowest BCUT2D eigenvalue weighted by Crippen LogP contribution is -2.68. The van der Waals surface area contributed by atoms with Crippen molar-refractivity contribution in [1.82, 2.24) is 0 Å². The van der Waals surface area contributed by atoms with Crippen molar-refractivity contribution in [1.29, 1.82) is 0 Å². The topological polar surface area (TPSA) is 136 Å². The number of ketones is 1. The highest BCUT2D eigenvalue weighted by molar-refractivity contribution is 5.98. The summed E-state index contributed by atoms with van der Waals surface area (Å²) >= 11 is 0. The summed E-state index contributed by atoms with van der Waals surface area (Å²) in [7, 11) is 0. The van der Waals surface area contributed by atoms with E-state index in [0.717, 1.165) is 12.5 Å². The Bertz CT molecular complexity index is 948. The van der Waals surface area contributed by atoms with Crippen LogP contribution in [-0.2, 0) is 33.4 Å². The molecule has 3 aliphatic rings. The number of hydrogen-bond acceptors (Lipinski definition) is 9. The van der Waals surface area contributed by atoms with Gasteiger partial charge in [0, 0.05) is 24.7 Å². The van der Waals surface area contributed by atoms with Gasteiger partial charge in [0.25, 0.3) is 0 Å². The van der Waals surface area contributed by atoms with Gasteiger partial charge in [-0.15, -0.1) is 0 Å². The van der Waals surface area contributed by atoms with Crippen LogP contribution in [0.4, 0.5) is 0 Å². The molecule has 9 nitrogen and oxygen atoms in total. The molecule has 3 rings (SSSR count). The van der Waals surface area contributed by atoms with Gasteiger partial charge in [0.05, 0.1) is 5.92 Å². The van der Waals surface area contributed by atoms with E-state index in [9.17, 15) is 29.4 Å². The Kier molecular flexibility index (Phi) is 6.85. The SMILES string of the molecule is CCC(=O)O[C@@H]1CC/C(C)=C\[C@@H]2OC(=O)[C@H](C)[C@@]2(O)[C@H](OC(C)=O)[C@@H]2[C@]1(C)C=CC(=O)[C@@]2(C)O. The molecule has 188 valence electrons. The number of carbonyl (C=O) groups excluding carboxylic acids is 4. The second-order valence-corrected chi connectivity index (χ2v) is 10.1.